The highest BCUT2D eigenvalue weighted by Gasteiger charge is 2.18. The van der Waals surface area contributed by atoms with Gasteiger partial charge in [-0.15, -0.1) is 0 Å². The van der Waals surface area contributed by atoms with Crippen LogP contribution >= 0.6 is 0 Å². The molecule has 0 fully saturated rings. The van der Waals surface area contributed by atoms with E-state index in [4.69, 9.17) is 4.74 Å². The van der Waals surface area contributed by atoms with Gasteiger partial charge in [0.05, 0.1) is 6.61 Å². The lowest BCUT2D eigenvalue weighted by atomic mass is 9.95. The summed E-state index contributed by atoms with van der Waals surface area (Å²) in [5.74, 6) is 0.298. The summed E-state index contributed by atoms with van der Waals surface area (Å²) in [5.41, 5.74) is 2.14. The van der Waals surface area contributed by atoms with E-state index in [9.17, 15) is 4.79 Å². The maximum absolute atomic E-state index is 11.6. The third-order valence-corrected chi connectivity index (χ3v) is 2.81. The number of hydrogen-bond donors (Lipinski definition) is 0. The topological polar surface area (TPSA) is 31.2 Å². The van der Waals surface area contributed by atoms with Crippen LogP contribution in [0.3, 0.4) is 0 Å². The van der Waals surface area contributed by atoms with Gasteiger partial charge in [-0.2, -0.15) is 0 Å². The highest BCUT2D eigenvalue weighted by Crippen LogP contribution is 2.21. The van der Waals surface area contributed by atoms with Crippen molar-refractivity contribution in [3.05, 3.63) is 23.5 Å². The number of nitrogens with zero attached hydrogens (tertiary/aromatic N) is 1. The Morgan fingerprint density at radius 2 is 2.27 bits per heavy atom. The van der Waals surface area contributed by atoms with Crippen LogP contribution in [0.4, 0.5) is 0 Å². The van der Waals surface area contributed by atoms with Gasteiger partial charge in [0.15, 0.2) is 5.78 Å². The van der Waals surface area contributed by atoms with Crippen LogP contribution < -0.4 is 0 Å². The van der Waals surface area contributed by atoms with Crippen LogP contribution in [0.5, 0.6) is 0 Å². The van der Waals surface area contributed by atoms with Crippen LogP contribution in [0.15, 0.2) is 12.4 Å². The predicted octanol–water partition coefficient (Wildman–Crippen LogP) is 2.04. The second-order valence-electron chi connectivity index (χ2n) is 3.91. The Kier molecular flexibility index (Phi) is 3.21. The lowest BCUT2D eigenvalue weighted by molar-refractivity contribution is 0.0972. The first-order valence-corrected chi connectivity index (χ1v) is 5.61. The number of carbonyl (C=O) groups is 1. The van der Waals surface area contributed by atoms with E-state index in [1.165, 1.54) is 5.56 Å². The maximum atomic E-state index is 11.6. The highest BCUT2D eigenvalue weighted by atomic mass is 16.5. The van der Waals surface area contributed by atoms with Gasteiger partial charge in [0.1, 0.15) is 0 Å². The Balaban J connectivity index is 2.05. The summed E-state index contributed by atoms with van der Waals surface area (Å²) in [6.07, 6.45) is 6.81. The number of carbonyl (C=O) groups excluding carboxylic acids is 1. The van der Waals surface area contributed by atoms with E-state index in [1.54, 1.807) is 0 Å². The van der Waals surface area contributed by atoms with Crippen molar-refractivity contribution in [2.75, 3.05) is 13.2 Å². The Hall–Kier alpha value is -1.09. The highest BCUT2D eigenvalue weighted by molar-refractivity contribution is 5.98. The summed E-state index contributed by atoms with van der Waals surface area (Å²) in [6, 6.07) is 0. The predicted molar refractivity (Wildman–Crippen MR) is 58.2 cm³/mol. The van der Waals surface area contributed by atoms with Crippen LogP contribution in [0.2, 0.25) is 0 Å². The molecule has 0 saturated carbocycles. The number of hydrogen-bond acceptors (Lipinski definition) is 2. The molecule has 0 spiro atoms. The van der Waals surface area contributed by atoms with E-state index in [-0.39, 0.29) is 0 Å². The number of ether oxygens (including phenoxy) is 1. The van der Waals surface area contributed by atoms with Crippen LogP contribution in [-0.4, -0.2) is 23.6 Å². The summed E-state index contributed by atoms with van der Waals surface area (Å²) < 4.78 is 7.36. The van der Waals surface area contributed by atoms with Gasteiger partial charge in [-0.25, -0.2) is 0 Å². The van der Waals surface area contributed by atoms with Gasteiger partial charge >= 0.3 is 0 Å². The summed E-state index contributed by atoms with van der Waals surface area (Å²) in [6.45, 7) is 4.30. The van der Waals surface area contributed by atoms with Gasteiger partial charge in [0.2, 0.25) is 0 Å². The summed E-state index contributed by atoms with van der Waals surface area (Å²) in [7, 11) is 0. The van der Waals surface area contributed by atoms with Crippen LogP contribution in [0, 0.1) is 0 Å². The average molecular weight is 207 g/mol. The largest absolute Gasteiger partial charge is 0.380 e. The molecular formula is C12H17NO2. The van der Waals surface area contributed by atoms with E-state index >= 15 is 0 Å². The molecule has 0 aliphatic heterocycles. The molecule has 1 heterocycles. The summed E-state index contributed by atoms with van der Waals surface area (Å²) in [4.78, 5) is 11.6. The van der Waals surface area contributed by atoms with E-state index in [0.29, 0.717) is 12.2 Å². The fourth-order valence-electron chi connectivity index (χ4n) is 2.02. The van der Waals surface area contributed by atoms with Crippen molar-refractivity contribution in [2.24, 2.45) is 0 Å². The van der Waals surface area contributed by atoms with Crippen LogP contribution in [0.25, 0.3) is 0 Å². The molecule has 0 aromatic carbocycles. The van der Waals surface area contributed by atoms with E-state index in [1.807, 2.05) is 13.1 Å². The van der Waals surface area contributed by atoms with Gasteiger partial charge in [0, 0.05) is 37.5 Å². The van der Waals surface area contributed by atoms with Gasteiger partial charge in [0.25, 0.3) is 0 Å². The summed E-state index contributed by atoms with van der Waals surface area (Å²) >= 11 is 0. The molecule has 1 aliphatic carbocycles. The molecule has 1 aliphatic rings. The molecule has 0 unspecified atom stereocenters. The minimum atomic E-state index is 0.298. The first kappa shape index (κ1) is 10.4. The Bertz CT molecular complexity index is 355. The Morgan fingerprint density at radius 1 is 1.40 bits per heavy atom. The molecular weight excluding hydrogens is 190 g/mol. The lowest BCUT2D eigenvalue weighted by Gasteiger charge is -2.07. The molecule has 2 rings (SSSR count). The van der Waals surface area contributed by atoms with Crippen molar-refractivity contribution in [2.45, 2.75) is 32.7 Å². The number of fused-ring (bicyclic) bond motifs is 1. The van der Waals surface area contributed by atoms with E-state index in [2.05, 4.69) is 10.8 Å². The number of ketones is 1. The van der Waals surface area contributed by atoms with Crippen molar-refractivity contribution in [3.8, 4) is 0 Å². The number of Topliss-reactive ketones (excluding diaryl/α,β-unsaturated/α-hetero) is 1. The zero-order chi connectivity index (χ0) is 10.7. The fourth-order valence-corrected chi connectivity index (χ4v) is 2.02. The van der Waals surface area contributed by atoms with Crippen molar-refractivity contribution in [1.82, 2.24) is 4.57 Å². The SMILES string of the molecule is CCOCCn1cc2c(c1)C(=O)CCC2. The molecule has 1 aromatic heterocycles. The smallest absolute Gasteiger partial charge is 0.164 e. The van der Waals surface area contributed by atoms with Crippen LogP contribution in [0.1, 0.15) is 35.7 Å². The van der Waals surface area contributed by atoms with E-state index in [0.717, 1.165) is 38.2 Å². The molecule has 0 N–H and O–H groups in total. The van der Waals surface area contributed by atoms with Crippen LogP contribution in [-0.2, 0) is 17.7 Å². The van der Waals surface area contributed by atoms with Gasteiger partial charge in [-0.1, -0.05) is 0 Å². The average Bonchev–Trinajstić information content (AvgIpc) is 2.63. The molecule has 0 radical (unpaired) electrons. The van der Waals surface area contributed by atoms with Gasteiger partial charge in [-0.05, 0) is 25.3 Å². The Morgan fingerprint density at radius 3 is 3.00 bits per heavy atom. The van der Waals surface area contributed by atoms with Crippen molar-refractivity contribution in [1.29, 1.82) is 0 Å². The quantitative estimate of drug-likeness (QED) is 0.707. The molecule has 15 heavy (non-hydrogen) atoms. The second-order valence-corrected chi connectivity index (χ2v) is 3.91. The first-order valence-electron chi connectivity index (χ1n) is 5.61. The molecule has 0 amide bonds. The third kappa shape index (κ3) is 2.29. The van der Waals surface area contributed by atoms with Crippen molar-refractivity contribution >= 4 is 5.78 Å². The third-order valence-electron chi connectivity index (χ3n) is 2.81. The van der Waals surface area contributed by atoms with Crippen molar-refractivity contribution < 1.29 is 9.53 Å². The molecule has 3 nitrogen and oxygen atoms in total. The molecule has 0 saturated heterocycles. The Labute approximate surface area is 90.0 Å². The first-order chi connectivity index (χ1) is 7.31. The molecule has 0 atom stereocenters. The minimum Gasteiger partial charge on any atom is -0.380 e. The standard InChI is InChI=1S/C12H17NO2/c1-2-15-7-6-13-8-10-4-3-5-12(14)11(10)9-13/h8-9H,2-7H2,1H3. The van der Waals surface area contributed by atoms with Gasteiger partial charge < -0.3 is 9.30 Å². The molecule has 1 aromatic rings. The number of aryl methyl sites for hydroxylation is 1. The maximum Gasteiger partial charge on any atom is 0.164 e. The monoisotopic (exact) mass is 207 g/mol. The number of aromatic nitrogens is 1. The summed E-state index contributed by atoms with van der Waals surface area (Å²) in [5, 5.41) is 0. The lowest BCUT2D eigenvalue weighted by Crippen LogP contribution is -2.07. The molecule has 82 valence electrons. The zero-order valence-corrected chi connectivity index (χ0v) is 9.16. The molecule has 3 heteroatoms. The van der Waals surface area contributed by atoms with Crippen molar-refractivity contribution in [3.63, 3.8) is 0 Å². The fraction of sp³-hybridized carbons (Fsp3) is 0.583. The minimum absolute atomic E-state index is 0.298. The normalized spacial score (nSPS) is 15.4. The molecule has 0 bridgehead atoms. The second kappa shape index (κ2) is 4.62. The number of rotatable bonds is 4. The van der Waals surface area contributed by atoms with Gasteiger partial charge in [-0.3, -0.25) is 4.79 Å². The van der Waals surface area contributed by atoms with E-state index < -0.39 is 0 Å². The zero-order valence-electron chi connectivity index (χ0n) is 9.16.